The van der Waals surface area contributed by atoms with Gasteiger partial charge >= 0.3 is 0 Å². The highest BCUT2D eigenvalue weighted by Gasteiger charge is 2.35. The summed E-state index contributed by atoms with van der Waals surface area (Å²) >= 11 is 0. The summed E-state index contributed by atoms with van der Waals surface area (Å²) in [5.74, 6) is -0.150. The molecular weight excluding hydrogens is 372 g/mol. The lowest BCUT2D eigenvalue weighted by molar-refractivity contribution is 0.0642. The molecular formula is C22H22N2O5. The fourth-order valence-electron chi connectivity index (χ4n) is 3.67. The van der Waals surface area contributed by atoms with Crippen LogP contribution in [0.2, 0.25) is 0 Å². The van der Waals surface area contributed by atoms with Crippen LogP contribution in [0, 0.1) is 5.92 Å². The Morgan fingerprint density at radius 3 is 2.52 bits per heavy atom. The lowest BCUT2D eigenvalue weighted by Crippen LogP contribution is -2.31. The van der Waals surface area contributed by atoms with Crippen molar-refractivity contribution in [3.8, 4) is 5.75 Å². The van der Waals surface area contributed by atoms with Crippen LogP contribution in [0.25, 0.3) is 0 Å². The third-order valence-corrected chi connectivity index (χ3v) is 5.30. The fraction of sp³-hybridized carbons (Fsp3) is 0.318. The van der Waals surface area contributed by atoms with Crippen molar-refractivity contribution >= 4 is 17.7 Å². The quantitative estimate of drug-likeness (QED) is 0.760. The van der Waals surface area contributed by atoms with Crippen LogP contribution in [-0.4, -0.2) is 49.5 Å². The van der Waals surface area contributed by atoms with Crippen molar-refractivity contribution in [1.82, 2.24) is 10.2 Å². The maximum atomic E-state index is 12.7. The summed E-state index contributed by atoms with van der Waals surface area (Å²) in [6, 6.07) is 11.9. The summed E-state index contributed by atoms with van der Waals surface area (Å²) in [6.45, 7) is 1.99. The van der Waals surface area contributed by atoms with E-state index >= 15 is 0 Å². The van der Waals surface area contributed by atoms with Crippen LogP contribution in [0.3, 0.4) is 0 Å². The average molecular weight is 394 g/mol. The molecule has 2 aromatic rings. The van der Waals surface area contributed by atoms with Gasteiger partial charge in [0.1, 0.15) is 5.75 Å². The zero-order valence-corrected chi connectivity index (χ0v) is 16.1. The summed E-state index contributed by atoms with van der Waals surface area (Å²) in [5, 5.41) is 2.92. The van der Waals surface area contributed by atoms with E-state index in [2.05, 4.69) is 5.32 Å². The maximum absolute atomic E-state index is 12.7. The van der Waals surface area contributed by atoms with Crippen molar-refractivity contribution in [1.29, 1.82) is 0 Å². The molecule has 2 aliphatic heterocycles. The van der Waals surface area contributed by atoms with Crippen LogP contribution in [0.1, 0.15) is 43.1 Å². The number of nitrogens with zero attached hydrogens (tertiary/aromatic N) is 1. The highest BCUT2D eigenvalue weighted by molar-refractivity contribution is 6.21. The van der Waals surface area contributed by atoms with Gasteiger partial charge in [0.05, 0.1) is 37.0 Å². The van der Waals surface area contributed by atoms with Gasteiger partial charge < -0.3 is 14.8 Å². The molecule has 0 aromatic heterocycles. The molecule has 0 saturated carbocycles. The van der Waals surface area contributed by atoms with E-state index in [0.29, 0.717) is 47.1 Å². The first-order valence-electron chi connectivity index (χ1n) is 9.56. The number of amides is 3. The topological polar surface area (TPSA) is 84.9 Å². The summed E-state index contributed by atoms with van der Waals surface area (Å²) < 4.78 is 10.7. The van der Waals surface area contributed by atoms with Crippen LogP contribution >= 0.6 is 0 Å². The van der Waals surface area contributed by atoms with Crippen LogP contribution < -0.4 is 10.1 Å². The first-order valence-corrected chi connectivity index (χ1v) is 9.56. The van der Waals surface area contributed by atoms with Crippen molar-refractivity contribution in [2.24, 2.45) is 5.92 Å². The second-order valence-electron chi connectivity index (χ2n) is 7.22. The third kappa shape index (κ3) is 3.73. The molecule has 7 nitrogen and oxygen atoms in total. The van der Waals surface area contributed by atoms with Gasteiger partial charge in [0.2, 0.25) is 0 Å². The average Bonchev–Trinajstić information content (AvgIpc) is 3.35. The standard InChI is InChI=1S/C22H22N2O5/c1-28-19-7-6-14(10-18(19)20(25)23-11-15-8-9-29-13-15)12-24-21(26)16-4-2-3-5-17(16)22(24)27/h2-7,10,15H,8-9,11-13H2,1H3,(H,23,25). The number of carbonyl (C=O) groups is 3. The van der Waals surface area contributed by atoms with Gasteiger partial charge in [0.25, 0.3) is 17.7 Å². The molecule has 2 aromatic carbocycles. The Hall–Kier alpha value is -3.19. The number of hydrogen-bond acceptors (Lipinski definition) is 5. The molecule has 0 spiro atoms. The zero-order valence-electron chi connectivity index (χ0n) is 16.1. The third-order valence-electron chi connectivity index (χ3n) is 5.30. The van der Waals surface area contributed by atoms with Crippen LogP contribution in [0.5, 0.6) is 5.75 Å². The molecule has 1 N–H and O–H groups in total. The minimum absolute atomic E-state index is 0.0904. The van der Waals surface area contributed by atoms with E-state index in [1.807, 2.05) is 0 Å². The van der Waals surface area contributed by atoms with Gasteiger partial charge in [0.15, 0.2) is 0 Å². The number of imide groups is 1. The minimum atomic E-state index is -0.325. The van der Waals surface area contributed by atoms with Crippen molar-refractivity contribution in [3.63, 3.8) is 0 Å². The lowest BCUT2D eigenvalue weighted by Gasteiger charge is -2.16. The van der Waals surface area contributed by atoms with E-state index in [4.69, 9.17) is 9.47 Å². The first-order chi connectivity index (χ1) is 14.1. The molecule has 29 heavy (non-hydrogen) atoms. The van der Waals surface area contributed by atoms with E-state index in [-0.39, 0.29) is 24.3 Å². The van der Waals surface area contributed by atoms with Gasteiger partial charge in [-0.05, 0) is 36.2 Å². The number of benzene rings is 2. The smallest absolute Gasteiger partial charge is 0.261 e. The SMILES string of the molecule is COc1ccc(CN2C(=O)c3ccccc3C2=O)cc1C(=O)NCC1CCOC1. The Morgan fingerprint density at radius 2 is 1.90 bits per heavy atom. The minimum Gasteiger partial charge on any atom is -0.496 e. The van der Waals surface area contributed by atoms with E-state index in [1.165, 1.54) is 12.0 Å². The van der Waals surface area contributed by atoms with Crippen molar-refractivity contribution < 1.29 is 23.9 Å². The number of carbonyl (C=O) groups excluding carboxylic acids is 3. The molecule has 0 radical (unpaired) electrons. The van der Waals surface area contributed by atoms with Gasteiger partial charge in [-0.1, -0.05) is 18.2 Å². The van der Waals surface area contributed by atoms with Gasteiger partial charge in [-0.15, -0.1) is 0 Å². The monoisotopic (exact) mass is 394 g/mol. The van der Waals surface area contributed by atoms with Crippen molar-refractivity contribution in [3.05, 3.63) is 64.7 Å². The number of ether oxygens (including phenoxy) is 2. The number of methoxy groups -OCH3 is 1. The summed E-state index contributed by atoms with van der Waals surface area (Å²) in [6.07, 6.45) is 0.928. The second-order valence-corrected chi connectivity index (χ2v) is 7.22. The molecule has 3 amide bonds. The normalized spacial score (nSPS) is 18.1. The Balaban J connectivity index is 1.51. The van der Waals surface area contributed by atoms with Gasteiger partial charge in [0, 0.05) is 19.1 Å². The Labute approximate surface area is 168 Å². The summed E-state index contributed by atoms with van der Waals surface area (Å²) in [4.78, 5) is 39.1. The Kier molecular flexibility index (Phi) is 5.31. The second kappa shape index (κ2) is 8.05. The highest BCUT2D eigenvalue weighted by Crippen LogP contribution is 2.26. The highest BCUT2D eigenvalue weighted by atomic mass is 16.5. The Morgan fingerprint density at radius 1 is 1.17 bits per heavy atom. The van der Waals surface area contributed by atoms with Gasteiger partial charge in [-0.3, -0.25) is 19.3 Å². The van der Waals surface area contributed by atoms with E-state index < -0.39 is 0 Å². The molecule has 1 atom stereocenters. The van der Waals surface area contributed by atoms with E-state index in [0.717, 1.165) is 13.0 Å². The summed E-state index contributed by atoms with van der Waals surface area (Å²) in [5.41, 5.74) is 1.86. The predicted molar refractivity (Wildman–Crippen MR) is 105 cm³/mol. The number of hydrogen-bond donors (Lipinski definition) is 1. The van der Waals surface area contributed by atoms with Gasteiger partial charge in [-0.2, -0.15) is 0 Å². The molecule has 150 valence electrons. The molecule has 1 saturated heterocycles. The molecule has 0 bridgehead atoms. The first kappa shape index (κ1) is 19.1. The van der Waals surface area contributed by atoms with Crippen molar-refractivity contribution in [2.45, 2.75) is 13.0 Å². The molecule has 4 rings (SSSR count). The molecule has 0 aliphatic carbocycles. The van der Waals surface area contributed by atoms with Crippen LogP contribution in [0.4, 0.5) is 0 Å². The summed E-state index contributed by atoms with van der Waals surface area (Å²) in [7, 11) is 1.50. The van der Waals surface area contributed by atoms with E-state index in [9.17, 15) is 14.4 Å². The fourth-order valence-corrected chi connectivity index (χ4v) is 3.67. The van der Waals surface area contributed by atoms with Gasteiger partial charge in [-0.25, -0.2) is 0 Å². The zero-order chi connectivity index (χ0) is 20.4. The predicted octanol–water partition coefficient (Wildman–Crippen LogP) is 2.26. The molecule has 2 heterocycles. The van der Waals surface area contributed by atoms with Crippen molar-refractivity contribution in [2.75, 3.05) is 26.9 Å². The Bertz CT molecular complexity index is 930. The maximum Gasteiger partial charge on any atom is 0.261 e. The molecule has 1 fully saturated rings. The van der Waals surface area contributed by atoms with E-state index in [1.54, 1.807) is 42.5 Å². The largest absolute Gasteiger partial charge is 0.496 e. The van der Waals surface area contributed by atoms with Crippen LogP contribution in [0.15, 0.2) is 42.5 Å². The molecule has 2 aliphatic rings. The number of rotatable bonds is 6. The van der Waals surface area contributed by atoms with Crippen LogP contribution in [-0.2, 0) is 11.3 Å². The molecule has 7 heteroatoms. The number of nitrogens with one attached hydrogen (secondary N) is 1. The lowest BCUT2D eigenvalue weighted by atomic mass is 10.1. The molecule has 1 unspecified atom stereocenters. The number of fused-ring (bicyclic) bond motifs is 1.